The molecule has 0 aliphatic heterocycles. The maximum atomic E-state index is 12.5. The lowest BCUT2D eigenvalue weighted by Gasteiger charge is -2.17. The molecule has 5 heteroatoms. The standard InChI is InChI=1S/C17H19NO3S/c1-12-7-4-5-10-17(12)13(2)18-22(20,21)16-9-6-8-15(11-16)14(3)19/h4-11,13,18H,1-3H3. The summed E-state index contributed by atoms with van der Waals surface area (Å²) in [7, 11) is -3.68. The summed E-state index contributed by atoms with van der Waals surface area (Å²) >= 11 is 0. The lowest BCUT2D eigenvalue weighted by molar-refractivity contribution is 0.101. The average molecular weight is 317 g/mol. The fourth-order valence-electron chi connectivity index (χ4n) is 2.32. The second kappa shape index (κ2) is 6.42. The Morgan fingerprint density at radius 3 is 2.41 bits per heavy atom. The van der Waals surface area contributed by atoms with Gasteiger partial charge in [-0.3, -0.25) is 4.79 Å². The van der Waals surface area contributed by atoms with Crippen molar-refractivity contribution in [3.63, 3.8) is 0 Å². The number of sulfonamides is 1. The van der Waals surface area contributed by atoms with Gasteiger partial charge < -0.3 is 0 Å². The Balaban J connectivity index is 2.30. The summed E-state index contributed by atoms with van der Waals surface area (Å²) in [5, 5.41) is 0. The van der Waals surface area contributed by atoms with E-state index in [1.54, 1.807) is 19.1 Å². The summed E-state index contributed by atoms with van der Waals surface area (Å²) in [5.41, 5.74) is 2.33. The maximum absolute atomic E-state index is 12.5. The molecule has 0 fully saturated rings. The van der Waals surface area contributed by atoms with Gasteiger partial charge in [0.15, 0.2) is 5.78 Å². The van der Waals surface area contributed by atoms with Gasteiger partial charge in [0, 0.05) is 11.6 Å². The Kier molecular flexibility index (Phi) is 4.78. The van der Waals surface area contributed by atoms with Crippen LogP contribution in [0.25, 0.3) is 0 Å². The molecule has 0 radical (unpaired) electrons. The van der Waals surface area contributed by atoms with Gasteiger partial charge in [0.1, 0.15) is 0 Å². The van der Waals surface area contributed by atoms with Gasteiger partial charge in [0.25, 0.3) is 0 Å². The van der Waals surface area contributed by atoms with Gasteiger partial charge in [0.05, 0.1) is 4.90 Å². The van der Waals surface area contributed by atoms with E-state index in [0.717, 1.165) is 11.1 Å². The van der Waals surface area contributed by atoms with E-state index in [0.29, 0.717) is 5.56 Å². The van der Waals surface area contributed by atoms with Crippen LogP contribution in [0.1, 0.15) is 41.4 Å². The third-order valence-electron chi connectivity index (χ3n) is 3.54. The van der Waals surface area contributed by atoms with E-state index in [2.05, 4.69) is 4.72 Å². The van der Waals surface area contributed by atoms with Crippen molar-refractivity contribution in [2.75, 3.05) is 0 Å². The highest BCUT2D eigenvalue weighted by atomic mass is 32.2. The molecule has 0 spiro atoms. The fourth-order valence-corrected chi connectivity index (χ4v) is 3.59. The first-order valence-electron chi connectivity index (χ1n) is 7.00. The van der Waals surface area contributed by atoms with Crippen LogP contribution < -0.4 is 4.72 Å². The summed E-state index contributed by atoms with van der Waals surface area (Å²) in [5.74, 6) is -0.163. The Morgan fingerprint density at radius 1 is 1.09 bits per heavy atom. The number of hydrogen-bond acceptors (Lipinski definition) is 3. The number of ketones is 1. The summed E-state index contributed by atoms with van der Waals surface area (Å²) < 4.78 is 27.6. The molecule has 0 bridgehead atoms. The lowest BCUT2D eigenvalue weighted by atomic mass is 10.0. The molecule has 0 aliphatic rings. The van der Waals surface area contributed by atoms with Crippen LogP contribution in [0.5, 0.6) is 0 Å². The highest BCUT2D eigenvalue weighted by Crippen LogP contribution is 2.20. The average Bonchev–Trinajstić information content (AvgIpc) is 2.47. The second-order valence-corrected chi connectivity index (χ2v) is 7.00. The molecule has 2 aromatic rings. The molecular formula is C17H19NO3S. The van der Waals surface area contributed by atoms with Crippen molar-refractivity contribution in [1.82, 2.24) is 4.72 Å². The largest absolute Gasteiger partial charge is 0.295 e. The third kappa shape index (κ3) is 3.61. The monoisotopic (exact) mass is 317 g/mol. The predicted molar refractivity (Wildman–Crippen MR) is 86.4 cm³/mol. The number of aryl methyl sites for hydroxylation is 1. The highest BCUT2D eigenvalue weighted by molar-refractivity contribution is 7.89. The quantitative estimate of drug-likeness (QED) is 0.861. The van der Waals surface area contributed by atoms with Gasteiger partial charge in [-0.15, -0.1) is 0 Å². The first-order valence-corrected chi connectivity index (χ1v) is 8.48. The Labute approximate surface area is 131 Å². The van der Waals surface area contributed by atoms with E-state index in [-0.39, 0.29) is 16.7 Å². The predicted octanol–water partition coefficient (Wildman–Crippen LogP) is 3.24. The van der Waals surface area contributed by atoms with Crippen LogP contribution in [0.15, 0.2) is 53.4 Å². The zero-order valence-corrected chi connectivity index (χ0v) is 13.6. The van der Waals surface area contributed by atoms with Gasteiger partial charge >= 0.3 is 0 Å². The van der Waals surface area contributed by atoms with Crippen molar-refractivity contribution in [2.45, 2.75) is 31.7 Å². The Bertz CT molecular complexity index is 797. The fraction of sp³-hybridized carbons (Fsp3) is 0.235. The molecule has 0 saturated heterocycles. The van der Waals surface area contributed by atoms with E-state index in [1.165, 1.54) is 19.1 Å². The second-order valence-electron chi connectivity index (χ2n) is 5.28. The summed E-state index contributed by atoms with van der Waals surface area (Å²) in [6, 6.07) is 13.3. The molecule has 22 heavy (non-hydrogen) atoms. The molecule has 0 aliphatic carbocycles. The lowest BCUT2D eigenvalue weighted by Crippen LogP contribution is -2.27. The molecule has 0 heterocycles. The smallest absolute Gasteiger partial charge is 0.241 e. The Hall–Kier alpha value is -1.98. The molecule has 2 aromatic carbocycles. The molecule has 1 unspecified atom stereocenters. The minimum absolute atomic E-state index is 0.0978. The van der Waals surface area contributed by atoms with Gasteiger partial charge in [-0.2, -0.15) is 0 Å². The van der Waals surface area contributed by atoms with Gasteiger partial charge in [-0.1, -0.05) is 36.4 Å². The zero-order chi connectivity index (χ0) is 16.3. The highest BCUT2D eigenvalue weighted by Gasteiger charge is 2.20. The van der Waals surface area contributed by atoms with Crippen molar-refractivity contribution in [3.8, 4) is 0 Å². The summed E-state index contributed by atoms with van der Waals surface area (Å²) in [6.07, 6.45) is 0. The van der Waals surface area contributed by atoms with Crippen LogP contribution in [0.2, 0.25) is 0 Å². The molecule has 0 amide bonds. The van der Waals surface area contributed by atoms with Crippen molar-refractivity contribution in [2.24, 2.45) is 0 Å². The molecule has 0 aromatic heterocycles. The van der Waals surface area contributed by atoms with E-state index in [1.807, 2.05) is 31.2 Å². The van der Waals surface area contributed by atoms with E-state index < -0.39 is 10.0 Å². The molecule has 4 nitrogen and oxygen atoms in total. The van der Waals surface area contributed by atoms with Crippen molar-refractivity contribution < 1.29 is 13.2 Å². The van der Waals surface area contributed by atoms with Crippen LogP contribution in [0.3, 0.4) is 0 Å². The molecule has 116 valence electrons. The number of carbonyl (C=O) groups is 1. The Morgan fingerprint density at radius 2 is 1.77 bits per heavy atom. The van der Waals surface area contributed by atoms with Crippen molar-refractivity contribution >= 4 is 15.8 Å². The normalized spacial score (nSPS) is 12.9. The third-order valence-corrected chi connectivity index (χ3v) is 5.08. The molecule has 1 atom stereocenters. The summed E-state index contributed by atoms with van der Waals surface area (Å²) in [6.45, 7) is 5.15. The van der Waals surface area contributed by atoms with E-state index >= 15 is 0 Å². The van der Waals surface area contributed by atoms with Crippen LogP contribution >= 0.6 is 0 Å². The number of carbonyl (C=O) groups excluding carboxylic acids is 1. The van der Waals surface area contributed by atoms with E-state index in [9.17, 15) is 13.2 Å². The zero-order valence-electron chi connectivity index (χ0n) is 12.8. The van der Waals surface area contributed by atoms with Crippen LogP contribution in [-0.2, 0) is 10.0 Å². The minimum Gasteiger partial charge on any atom is -0.295 e. The first-order chi connectivity index (χ1) is 10.3. The van der Waals surface area contributed by atoms with Crippen LogP contribution in [0, 0.1) is 6.92 Å². The maximum Gasteiger partial charge on any atom is 0.241 e. The first kappa shape index (κ1) is 16.4. The molecular weight excluding hydrogens is 298 g/mol. The van der Waals surface area contributed by atoms with Crippen LogP contribution in [-0.4, -0.2) is 14.2 Å². The number of Topliss-reactive ketones (excluding diaryl/α,β-unsaturated/α-hetero) is 1. The summed E-state index contributed by atoms with van der Waals surface area (Å²) in [4.78, 5) is 11.5. The SMILES string of the molecule is CC(=O)c1cccc(S(=O)(=O)NC(C)c2ccccc2C)c1. The number of nitrogens with one attached hydrogen (secondary N) is 1. The molecule has 0 saturated carbocycles. The van der Waals surface area contributed by atoms with Gasteiger partial charge in [-0.25, -0.2) is 13.1 Å². The minimum atomic E-state index is -3.68. The number of benzene rings is 2. The van der Waals surface area contributed by atoms with E-state index in [4.69, 9.17) is 0 Å². The number of hydrogen-bond donors (Lipinski definition) is 1. The molecule has 2 rings (SSSR count). The van der Waals surface area contributed by atoms with Gasteiger partial charge in [0.2, 0.25) is 10.0 Å². The van der Waals surface area contributed by atoms with Crippen molar-refractivity contribution in [1.29, 1.82) is 0 Å². The number of rotatable bonds is 5. The van der Waals surface area contributed by atoms with Crippen molar-refractivity contribution in [3.05, 3.63) is 65.2 Å². The molecule has 1 N–H and O–H groups in total. The van der Waals surface area contributed by atoms with Crippen LogP contribution in [0.4, 0.5) is 0 Å². The topological polar surface area (TPSA) is 63.2 Å². The van der Waals surface area contributed by atoms with Gasteiger partial charge in [-0.05, 0) is 44.0 Å².